The summed E-state index contributed by atoms with van der Waals surface area (Å²) < 4.78 is 0. The van der Waals surface area contributed by atoms with E-state index in [2.05, 4.69) is 12.2 Å². The fraction of sp³-hybridized carbons (Fsp3) is 0.923. The third kappa shape index (κ3) is 3.78. The summed E-state index contributed by atoms with van der Waals surface area (Å²) in [6.45, 7) is 4.27. The first-order chi connectivity index (χ1) is 7.52. The second-order valence-corrected chi connectivity index (χ2v) is 5.34. The molecule has 1 rings (SSSR count). The monoisotopic (exact) mass is 226 g/mol. The highest BCUT2D eigenvalue weighted by Gasteiger charge is 2.24. The average molecular weight is 226 g/mol. The smallest absolute Gasteiger partial charge is 0.238 e. The second kappa shape index (κ2) is 6.24. The molecule has 0 bridgehead atoms. The van der Waals surface area contributed by atoms with Gasteiger partial charge in [-0.05, 0) is 25.7 Å². The summed E-state index contributed by atoms with van der Waals surface area (Å²) in [5.41, 5.74) is 0. The molecular weight excluding hydrogens is 200 g/mol. The maximum atomic E-state index is 11.8. The highest BCUT2D eigenvalue weighted by Crippen LogP contribution is 2.23. The quantitative estimate of drug-likeness (QED) is 0.747. The Labute approximate surface area is 99.6 Å². The Balaban J connectivity index is 2.47. The Morgan fingerprint density at radius 2 is 1.88 bits per heavy atom. The van der Waals surface area contributed by atoms with Gasteiger partial charge in [0.25, 0.3) is 0 Å². The number of nitrogens with zero attached hydrogens (tertiary/aromatic N) is 1. The van der Waals surface area contributed by atoms with Gasteiger partial charge in [0.15, 0.2) is 0 Å². The van der Waals surface area contributed by atoms with E-state index in [1.54, 1.807) is 4.90 Å². The van der Waals surface area contributed by atoms with Gasteiger partial charge in [-0.15, -0.1) is 0 Å². The Morgan fingerprint density at radius 1 is 1.25 bits per heavy atom. The molecule has 3 atom stereocenters. The highest BCUT2D eigenvalue weighted by molar-refractivity contribution is 5.80. The van der Waals surface area contributed by atoms with Crippen molar-refractivity contribution in [1.82, 2.24) is 10.2 Å². The normalized spacial score (nSPS) is 28.2. The van der Waals surface area contributed by atoms with Crippen molar-refractivity contribution in [2.75, 3.05) is 14.1 Å². The topological polar surface area (TPSA) is 32.3 Å². The molecule has 0 aromatic carbocycles. The van der Waals surface area contributed by atoms with Gasteiger partial charge in [0.05, 0.1) is 6.04 Å². The minimum atomic E-state index is -0.0550. The van der Waals surface area contributed by atoms with Gasteiger partial charge in [-0.3, -0.25) is 4.79 Å². The van der Waals surface area contributed by atoms with E-state index in [0.29, 0.717) is 12.0 Å². The van der Waals surface area contributed by atoms with Crippen molar-refractivity contribution in [2.45, 2.75) is 58.0 Å². The summed E-state index contributed by atoms with van der Waals surface area (Å²) in [6.07, 6.45) is 6.49. The lowest BCUT2D eigenvalue weighted by molar-refractivity contribution is -0.130. The van der Waals surface area contributed by atoms with Crippen LogP contribution in [-0.4, -0.2) is 37.0 Å². The minimum absolute atomic E-state index is 0.0550. The third-order valence-corrected chi connectivity index (χ3v) is 3.64. The first-order valence-electron chi connectivity index (χ1n) is 6.49. The number of rotatable bonds is 3. The minimum Gasteiger partial charge on any atom is -0.347 e. The number of carbonyl (C=O) groups is 1. The summed E-state index contributed by atoms with van der Waals surface area (Å²) in [4.78, 5) is 13.4. The number of amides is 1. The van der Waals surface area contributed by atoms with Crippen molar-refractivity contribution in [3.63, 3.8) is 0 Å². The standard InChI is InChI=1S/C13H26N2O/c1-10-8-6-5-7-9-12(10)14-11(2)13(16)15(3)4/h10-12,14H,5-9H2,1-4H3. The van der Waals surface area contributed by atoms with Crippen LogP contribution in [0.15, 0.2) is 0 Å². The number of carbonyl (C=O) groups excluding carboxylic acids is 1. The predicted octanol–water partition coefficient (Wildman–Crippen LogP) is 2.02. The lowest BCUT2D eigenvalue weighted by Gasteiger charge is -2.27. The van der Waals surface area contributed by atoms with Crippen molar-refractivity contribution in [3.8, 4) is 0 Å². The van der Waals surface area contributed by atoms with Crippen LogP contribution in [0.5, 0.6) is 0 Å². The molecule has 0 radical (unpaired) electrons. The van der Waals surface area contributed by atoms with E-state index in [0.717, 1.165) is 0 Å². The highest BCUT2D eigenvalue weighted by atomic mass is 16.2. The second-order valence-electron chi connectivity index (χ2n) is 5.34. The largest absolute Gasteiger partial charge is 0.347 e. The van der Waals surface area contributed by atoms with E-state index in [1.807, 2.05) is 21.0 Å². The van der Waals surface area contributed by atoms with E-state index in [9.17, 15) is 4.79 Å². The van der Waals surface area contributed by atoms with Crippen LogP contribution in [-0.2, 0) is 4.79 Å². The molecule has 0 aromatic rings. The SMILES string of the molecule is CC(NC1CCCCCC1C)C(=O)N(C)C. The van der Waals surface area contributed by atoms with Crippen molar-refractivity contribution in [3.05, 3.63) is 0 Å². The summed E-state index contributed by atoms with van der Waals surface area (Å²) >= 11 is 0. The molecule has 1 saturated carbocycles. The fourth-order valence-corrected chi connectivity index (χ4v) is 2.52. The molecule has 94 valence electrons. The molecule has 1 aliphatic rings. The molecule has 3 nitrogen and oxygen atoms in total. The predicted molar refractivity (Wildman–Crippen MR) is 67.3 cm³/mol. The van der Waals surface area contributed by atoms with Gasteiger partial charge in [-0.1, -0.05) is 26.2 Å². The van der Waals surface area contributed by atoms with Crippen LogP contribution >= 0.6 is 0 Å². The molecule has 3 unspecified atom stereocenters. The van der Waals surface area contributed by atoms with Gasteiger partial charge in [0.2, 0.25) is 5.91 Å². The molecule has 3 heteroatoms. The average Bonchev–Trinajstić information content (AvgIpc) is 2.43. The van der Waals surface area contributed by atoms with E-state index >= 15 is 0 Å². The van der Waals surface area contributed by atoms with Crippen LogP contribution in [0.4, 0.5) is 0 Å². The van der Waals surface area contributed by atoms with Crippen LogP contribution in [0.2, 0.25) is 0 Å². The van der Waals surface area contributed by atoms with E-state index in [-0.39, 0.29) is 11.9 Å². The molecule has 1 amide bonds. The van der Waals surface area contributed by atoms with Gasteiger partial charge >= 0.3 is 0 Å². The third-order valence-electron chi connectivity index (χ3n) is 3.64. The first kappa shape index (κ1) is 13.5. The van der Waals surface area contributed by atoms with Gasteiger partial charge in [-0.2, -0.15) is 0 Å². The zero-order valence-electron chi connectivity index (χ0n) is 11.1. The van der Waals surface area contributed by atoms with Crippen molar-refractivity contribution >= 4 is 5.91 Å². The van der Waals surface area contributed by atoms with Gasteiger partial charge in [0.1, 0.15) is 0 Å². The summed E-state index contributed by atoms with van der Waals surface area (Å²) in [5.74, 6) is 0.872. The molecule has 1 fully saturated rings. The number of nitrogens with one attached hydrogen (secondary N) is 1. The van der Waals surface area contributed by atoms with Gasteiger partial charge in [0, 0.05) is 20.1 Å². The summed E-state index contributed by atoms with van der Waals surface area (Å²) in [5, 5.41) is 3.50. The zero-order chi connectivity index (χ0) is 12.1. The molecule has 1 N–H and O–H groups in total. The van der Waals surface area contributed by atoms with Crippen LogP contribution in [0.3, 0.4) is 0 Å². The van der Waals surface area contributed by atoms with Crippen molar-refractivity contribution in [1.29, 1.82) is 0 Å². The van der Waals surface area contributed by atoms with Gasteiger partial charge < -0.3 is 10.2 Å². The lowest BCUT2D eigenvalue weighted by atomic mass is 9.96. The molecule has 16 heavy (non-hydrogen) atoms. The molecule has 1 aliphatic carbocycles. The summed E-state index contributed by atoms with van der Waals surface area (Å²) in [7, 11) is 3.63. The van der Waals surface area contributed by atoms with E-state index in [4.69, 9.17) is 0 Å². The van der Waals surface area contributed by atoms with E-state index in [1.165, 1.54) is 32.1 Å². The maximum Gasteiger partial charge on any atom is 0.238 e. The Kier molecular flexibility index (Phi) is 5.26. The number of hydrogen-bond donors (Lipinski definition) is 1. The van der Waals surface area contributed by atoms with Crippen molar-refractivity contribution < 1.29 is 4.79 Å². The number of hydrogen-bond acceptors (Lipinski definition) is 2. The molecule has 0 spiro atoms. The van der Waals surface area contributed by atoms with Crippen molar-refractivity contribution in [2.24, 2.45) is 5.92 Å². The Morgan fingerprint density at radius 3 is 2.50 bits per heavy atom. The fourth-order valence-electron chi connectivity index (χ4n) is 2.52. The molecule has 0 saturated heterocycles. The number of likely N-dealkylation sites (N-methyl/N-ethyl adjacent to an activating group) is 1. The van der Waals surface area contributed by atoms with E-state index < -0.39 is 0 Å². The van der Waals surface area contributed by atoms with Crippen LogP contribution in [0.1, 0.15) is 46.0 Å². The zero-order valence-corrected chi connectivity index (χ0v) is 11.1. The molecule has 0 aromatic heterocycles. The van der Waals surface area contributed by atoms with Crippen LogP contribution < -0.4 is 5.32 Å². The lowest BCUT2D eigenvalue weighted by Crippen LogP contribution is -2.48. The van der Waals surface area contributed by atoms with Crippen LogP contribution in [0.25, 0.3) is 0 Å². The Hall–Kier alpha value is -0.570. The maximum absolute atomic E-state index is 11.8. The molecular formula is C13H26N2O. The molecule has 0 aliphatic heterocycles. The van der Waals surface area contributed by atoms with Crippen LogP contribution in [0, 0.1) is 5.92 Å². The van der Waals surface area contributed by atoms with Gasteiger partial charge in [-0.25, -0.2) is 0 Å². The first-order valence-corrected chi connectivity index (χ1v) is 6.49. The summed E-state index contributed by atoms with van der Waals surface area (Å²) in [6, 6.07) is 0.460. The Bertz CT molecular complexity index is 228. The molecule has 0 heterocycles.